The van der Waals surface area contributed by atoms with E-state index in [1.54, 1.807) is 0 Å². The number of nitrogens with one attached hydrogen (secondary N) is 1. The van der Waals surface area contributed by atoms with Crippen LogP contribution in [0.5, 0.6) is 0 Å². The van der Waals surface area contributed by atoms with E-state index >= 15 is 0 Å². The van der Waals surface area contributed by atoms with E-state index in [1.165, 1.54) is 11.1 Å². The Morgan fingerprint density at radius 3 is 2.50 bits per heavy atom. The van der Waals surface area contributed by atoms with Gasteiger partial charge in [-0.05, 0) is 41.8 Å². The van der Waals surface area contributed by atoms with Gasteiger partial charge in [-0.3, -0.25) is 4.79 Å². The highest BCUT2D eigenvalue weighted by Gasteiger charge is 2.11. The van der Waals surface area contributed by atoms with E-state index in [2.05, 4.69) is 56.1 Å². The second kappa shape index (κ2) is 9.72. The quantitative estimate of drug-likeness (QED) is 0.394. The average molecular weight is 462 g/mol. The number of imidazole rings is 1. The van der Waals surface area contributed by atoms with Crippen LogP contribution in [0.1, 0.15) is 23.4 Å². The highest BCUT2D eigenvalue weighted by Crippen LogP contribution is 2.20. The summed E-state index contributed by atoms with van der Waals surface area (Å²) in [5.41, 5.74) is 4.49. The lowest BCUT2D eigenvalue weighted by atomic mass is 10.1. The van der Waals surface area contributed by atoms with E-state index in [9.17, 15) is 4.79 Å². The third kappa shape index (κ3) is 5.16. The molecule has 1 aromatic heterocycles. The Morgan fingerprint density at radius 2 is 1.67 bits per heavy atom. The molecule has 4 nitrogen and oxygen atoms in total. The van der Waals surface area contributed by atoms with Crippen molar-refractivity contribution in [1.82, 2.24) is 14.9 Å². The summed E-state index contributed by atoms with van der Waals surface area (Å²) in [7, 11) is 0. The van der Waals surface area contributed by atoms with Crippen LogP contribution in [-0.4, -0.2) is 22.0 Å². The summed E-state index contributed by atoms with van der Waals surface area (Å²) in [6.07, 6.45) is 1.95. The zero-order valence-electron chi connectivity index (χ0n) is 16.7. The molecular weight excluding hydrogens is 438 g/mol. The maximum absolute atomic E-state index is 12.2. The molecule has 0 bridgehead atoms. The van der Waals surface area contributed by atoms with Crippen LogP contribution >= 0.6 is 15.9 Å². The van der Waals surface area contributed by atoms with Crippen molar-refractivity contribution in [1.29, 1.82) is 0 Å². The van der Waals surface area contributed by atoms with Gasteiger partial charge in [0, 0.05) is 30.4 Å². The van der Waals surface area contributed by atoms with Crippen LogP contribution < -0.4 is 5.32 Å². The molecule has 4 aromatic rings. The molecule has 0 unspecified atom stereocenters. The number of benzene rings is 3. The third-order valence-corrected chi connectivity index (χ3v) is 5.61. The second-order valence-electron chi connectivity index (χ2n) is 7.32. The van der Waals surface area contributed by atoms with Gasteiger partial charge in [0.2, 0.25) is 5.91 Å². The van der Waals surface area contributed by atoms with Crippen LogP contribution in [0.25, 0.3) is 11.0 Å². The molecule has 1 N–H and O–H groups in total. The molecule has 1 amide bonds. The second-order valence-corrected chi connectivity index (χ2v) is 8.23. The van der Waals surface area contributed by atoms with Gasteiger partial charge in [-0.15, -0.1) is 0 Å². The van der Waals surface area contributed by atoms with E-state index in [4.69, 9.17) is 4.98 Å². The van der Waals surface area contributed by atoms with Crippen molar-refractivity contribution in [2.75, 3.05) is 6.54 Å². The van der Waals surface area contributed by atoms with Crippen LogP contribution in [0.3, 0.4) is 0 Å². The number of hydrogen-bond donors (Lipinski definition) is 1. The number of nitrogens with zero attached hydrogens (tertiary/aromatic N) is 2. The van der Waals surface area contributed by atoms with Gasteiger partial charge in [-0.1, -0.05) is 70.5 Å². The number of fused-ring (bicyclic) bond motifs is 1. The lowest BCUT2D eigenvalue weighted by molar-refractivity contribution is -0.121. The highest BCUT2D eigenvalue weighted by atomic mass is 79.9. The predicted molar refractivity (Wildman–Crippen MR) is 124 cm³/mol. The van der Waals surface area contributed by atoms with Gasteiger partial charge in [0.15, 0.2) is 0 Å². The zero-order chi connectivity index (χ0) is 20.8. The Hall–Kier alpha value is -2.92. The molecule has 3 aromatic carbocycles. The van der Waals surface area contributed by atoms with E-state index in [-0.39, 0.29) is 5.91 Å². The molecule has 0 radical (unpaired) electrons. The molecule has 5 heteroatoms. The molecule has 0 saturated heterocycles. The summed E-state index contributed by atoms with van der Waals surface area (Å²) in [5, 5.41) is 3.05. The first-order valence-electron chi connectivity index (χ1n) is 10.2. The average Bonchev–Trinajstić information content (AvgIpc) is 3.10. The fourth-order valence-corrected chi connectivity index (χ4v) is 4.06. The molecular formula is C25H24BrN3O. The number of amides is 1. The molecule has 152 valence electrons. The van der Waals surface area contributed by atoms with Crippen molar-refractivity contribution in [3.63, 3.8) is 0 Å². The molecule has 0 fully saturated rings. The lowest BCUT2D eigenvalue weighted by Gasteiger charge is -2.11. The van der Waals surface area contributed by atoms with Gasteiger partial charge in [0.25, 0.3) is 0 Å². The summed E-state index contributed by atoms with van der Waals surface area (Å²) >= 11 is 3.55. The first kappa shape index (κ1) is 20.4. The van der Waals surface area contributed by atoms with Crippen LogP contribution in [-0.2, 0) is 24.2 Å². The topological polar surface area (TPSA) is 46.9 Å². The Morgan fingerprint density at radius 1 is 0.900 bits per heavy atom. The van der Waals surface area contributed by atoms with Gasteiger partial charge < -0.3 is 9.88 Å². The standard InChI is InChI=1S/C25H24BrN3O/c26-21-10-6-9-20(17-21)18-29-23-12-5-4-11-22(23)28-24(29)15-16-27-25(30)14-13-19-7-2-1-3-8-19/h1-12,17H,13-16,18H2,(H,27,30). The third-order valence-electron chi connectivity index (χ3n) is 5.12. The molecule has 4 rings (SSSR count). The number of carbonyl (C=O) groups excluding carboxylic acids is 1. The maximum atomic E-state index is 12.2. The summed E-state index contributed by atoms with van der Waals surface area (Å²) in [4.78, 5) is 17.1. The van der Waals surface area contributed by atoms with Crippen LogP contribution in [0.4, 0.5) is 0 Å². The number of carbonyl (C=O) groups is 1. The molecule has 30 heavy (non-hydrogen) atoms. The van der Waals surface area contributed by atoms with E-state index in [0.29, 0.717) is 19.4 Å². The fraction of sp³-hybridized carbons (Fsp3) is 0.200. The van der Waals surface area contributed by atoms with Crippen molar-refractivity contribution in [2.24, 2.45) is 0 Å². The molecule has 0 saturated carbocycles. The fourth-order valence-electron chi connectivity index (χ4n) is 3.62. The summed E-state index contributed by atoms with van der Waals surface area (Å²) in [6, 6.07) is 26.6. The van der Waals surface area contributed by atoms with Crippen LogP contribution in [0.2, 0.25) is 0 Å². The largest absolute Gasteiger partial charge is 0.356 e. The molecule has 0 spiro atoms. The summed E-state index contributed by atoms with van der Waals surface area (Å²) in [5.74, 6) is 1.06. The highest BCUT2D eigenvalue weighted by molar-refractivity contribution is 9.10. The summed E-state index contributed by atoms with van der Waals surface area (Å²) < 4.78 is 3.31. The van der Waals surface area contributed by atoms with Crippen molar-refractivity contribution < 1.29 is 4.79 Å². The van der Waals surface area contributed by atoms with Crippen molar-refractivity contribution >= 4 is 32.9 Å². The minimum atomic E-state index is 0.0773. The Labute approximate surface area is 185 Å². The first-order chi connectivity index (χ1) is 14.7. The van der Waals surface area contributed by atoms with Crippen LogP contribution in [0, 0.1) is 0 Å². The minimum absolute atomic E-state index is 0.0773. The molecule has 1 heterocycles. The van der Waals surface area contributed by atoms with E-state index < -0.39 is 0 Å². The zero-order valence-corrected chi connectivity index (χ0v) is 18.3. The summed E-state index contributed by atoms with van der Waals surface area (Å²) in [6.45, 7) is 1.33. The monoisotopic (exact) mass is 461 g/mol. The molecule has 0 atom stereocenters. The van der Waals surface area contributed by atoms with Gasteiger partial charge >= 0.3 is 0 Å². The van der Waals surface area contributed by atoms with E-state index in [0.717, 1.165) is 34.3 Å². The smallest absolute Gasteiger partial charge is 0.220 e. The van der Waals surface area contributed by atoms with Gasteiger partial charge in [-0.25, -0.2) is 4.98 Å². The van der Waals surface area contributed by atoms with Gasteiger partial charge in [0.1, 0.15) is 5.82 Å². The lowest BCUT2D eigenvalue weighted by Crippen LogP contribution is -2.26. The number of aromatic nitrogens is 2. The molecule has 0 aliphatic heterocycles. The van der Waals surface area contributed by atoms with Crippen molar-refractivity contribution in [3.05, 3.63) is 100 Å². The van der Waals surface area contributed by atoms with Gasteiger partial charge in [-0.2, -0.15) is 0 Å². The van der Waals surface area contributed by atoms with Crippen molar-refractivity contribution in [2.45, 2.75) is 25.8 Å². The molecule has 0 aliphatic rings. The number of hydrogen-bond acceptors (Lipinski definition) is 2. The number of halogens is 1. The number of aryl methyl sites for hydroxylation is 1. The number of para-hydroxylation sites is 2. The Kier molecular flexibility index (Phi) is 6.60. The van der Waals surface area contributed by atoms with E-state index in [1.807, 2.05) is 48.5 Å². The number of rotatable bonds is 8. The predicted octanol–water partition coefficient (Wildman–Crippen LogP) is 5.14. The minimum Gasteiger partial charge on any atom is -0.356 e. The Bertz CT molecular complexity index is 1140. The Balaban J connectivity index is 1.41. The van der Waals surface area contributed by atoms with Crippen molar-refractivity contribution in [3.8, 4) is 0 Å². The normalized spacial score (nSPS) is 11.0. The SMILES string of the molecule is O=C(CCc1ccccc1)NCCc1nc2ccccc2n1Cc1cccc(Br)c1. The maximum Gasteiger partial charge on any atom is 0.220 e. The van der Waals surface area contributed by atoms with Crippen LogP contribution in [0.15, 0.2) is 83.3 Å². The van der Waals surface area contributed by atoms with Gasteiger partial charge in [0.05, 0.1) is 11.0 Å². The first-order valence-corrected chi connectivity index (χ1v) is 11.0. The molecule has 0 aliphatic carbocycles.